The van der Waals surface area contributed by atoms with Gasteiger partial charge >= 0.3 is 0 Å². The van der Waals surface area contributed by atoms with Crippen LogP contribution in [0.5, 0.6) is 0 Å². The second kappa shape index (κ2) is 6.21. The molecule has 0 aliphatic carbocycles. The van der Waals surface area contributed by atoms with Crippen LogP contribution in [-0.2, 0) is 10.0 Å². The van der Waals surface area contributed by atoms with Crippen molar-refractivity contribution in [1.29, 1.82) is 0 Å². The van der Waals surface area contributed by atoms with Crippen LogP contribution in [0, 0.1) is 5.82 Å². The fourth-order valence-electron chi connectivity index (χ4n) is 1.46. The molecule has 0 bridgehead atoms. The molecule has 0 saturated heterocycles. The molecule has 0 aliphatic rings. The maximum absolute atomic E-state index is 13.4. The van der Waals surface area contributed by atoms with E-state index in [1.165, 1.54) is 18.2 Å². The molecule has 0 amide bonds. The molecule has 1 aromatic carbocycles. The SMILES string of the molecule is CCCC(NS(=O)(=O)c1ccccc1F)C(N)=S. The zero-order valence-electron chi connectivity index (χ0n) is 9.89. The molecule has 1 aromatic rings. The highest BCUT2D eigenvalue weighted by molar-refractivity contribution is 7.89. The molecule has 100 valence electrons. The number of nitrogens with two attached hydrogens (primary N) is 1. The van der Waals surface area contributed by atoms with Crippen molar-refractivity contribution < 1.29 is 12.8 Å². The second-order valence-corrected chi connectivity index (χ2v) is 5.95. The zero-order valence-corrected chi connectivity index (χ0v) is 11.5. The van der Waals surface area contributed by atoms with Crippen LogP contribution < -0.4 is 10.5 Å². The summed E-state index contributed by atoms with van der Waals surface area (Å²) in [6.45, 7) is 1.88. The standard InChI is InChI=1S/C11H15FN2O2S2/c1-2-5-9(11(13)17)14-18(15,16)10-7-4-3-6-8(10)12/h3-4,6-7,9,14H,2,5H2,1H3,(H2,13,17). The van der Waals surface area contributed by atoms with Gasteiger partial charge in [-0.25, -0.2) is 17.5 Å². The van der Waals surface area contributed by atoms with E-state index >= 15 is 0 Å². The van der Waals surface area contributed by atoms with E-state index in [0.717, 1.165) is 6.07 Å². The van der Waals surface area contributed by atoms with Gasteiger partial charge in [0.1, 0.15) is 10.7 Å². The molecule has 7 heteroatoms. The van der Waals surface area contributed by atoms with Crippen molar-refractivity contribution >= 4 is 27.2 Å². The monoisotopic (exact) mass is 290 g/mol. The lowest BCUT2D eigenvalue weighted by molar-refractivity contribution is 0.547. The Labute approximate surface area is 111 Å². The van der Waals surface area contributed by atoms with Crippen LogP contribution in [0.1, 0.15) is 19.8 Å². The van der Waals surface area contributed by atoms with Crippen LogP contribution in [0.2, 0.25) is 0 Å². The lowest BCUT2D eigenvalue weighted by Crippen LogP contribution is -2.43. The summed E-state index contributed by atoms with van der Waals surface area (Å²) in [6.07, 6.45) is 1.19. The van der Waals surface area contributed by atoms with Gasteiger partial charge in [0.05, 0.1) is 11.0 Å². The molecule has 1 atom stereocenters. The molecule has 1 rings (SSSR count). The fraction of sp³-hybridized carbons (Fsp3) is 0.364. The minimum atomic E-state index is -3.95. The Morgan fingerprint density at radius 1 is 1.50 bits per heavy atom. The van der Waals surface area contributed by atoms with Crippen molar-refractivity contribution in [1.82, 2.24) is 4.72 Å². The summed E-state index contributed by atoms with van der Waals surface area (Å²) in [5.74, 6) is -0.803. The Bertz CT molecular complexity index is 532. The first-order chi connectivity index (χ1) is 8.38. The Balaban J connectivity index is 3.01. The molecule has 4 nitrogen and oxygen atoms in total. The van der Waals surface area contributed by atoms with E-state index in [1.54, 1.807) is 0 Å². The molecule has 0 fully saturated rings. The van der Waals surface area contributed by atoms with Crippen molar-refractivity contribution in [3.63, 3.8) is 0 Å². The molecule has 0 radical (unpaired) electrons. The quantitative estimate of drug-likeness (QED) is 0.780. The van der Waals surface area contributed by atoms with Gasteiger partial charge in [0.15, 0.2) is 0 Å². The first-order valence-corrected chi connectivity index (χ1v) is 7.33. The zero-order chi connectivity index (χ0) is 13.8. The predicted octanol–water partition coefficient (Wildman–Crippen LogP) is 1.56. The molecular weight excluding hydrogens is 275 g/mol. The number of benzene rings is 1. The molecule has 0 saturated carbocycles. The van der Waals surface area contributed by atoms with Crippen LogP contribution in [0.3, 0.4) is 0 Å². The van der Waals surface area contributed by atoms with Gasteiger partial charge < -0.3 is 5.73 Å². The van der Waals surface area contributed by atoms with Crippen molar-refractivity contribution in [3.8, 4) is 0 Å². The van der Waals surface area contributed by atoms with Gasteiger partial charge in [-0.1, -0.05) is 37.7 Å². The van der Waals surface area contributed by atoms with Crippen LogP contribution in [-0.4, -0.2) is 19.4 Å². The van der Waals surface area contributed by atoms with Gasteiger partial charge in [-0.2, -0.15) is 0 Å². The number of hydrogen-bond donors (Lipinski definition) is 2. The smallest absolute Gasteiger partial charge is 0.244 e. The van der Waals surface area contributed by atoms with Crippen molar-refractivity contribution in [2.24, 2.45) is 5.73 Å². The number of rotatable bonds is 6. The lowest BCUT2D eigenvalue weighted by atomic mass is 10.2. The fourth-order valence-corrected chi connectivity index (χ4v) is 3.04. The molecule has 18 heavy (non-hydrogen) atoms. The predicted molar refractivity (Wildman–Crippen MR) is 72.2 cm³/mol. The van der Waals surface area contributed by atoms with E-state index in [4.69, 9.17) is 18.0 Å². The summed E-state index contributed by atoms with van der Waals surface area (Å²) in [7, 11) is -3.95. The van der Waals surface area contributed by atoms with E-state index in [2.05, 4.69) is 4.72 Å². The van der Waals surface area contributed by atoms with Gasteiger partial charge in [0, 0.05) is 0 Å². The van der Waals surface area contributed by atoms with Gasteiger partial charge in [0.25, 0.3) is 0 Å². The molecular formula is C11H15FN2O2S2. The van der Waals surface area contributed by atoms with Gasteiger partial charge in [-0.15, -0.1) is 0 Å². The lowest BCUT2D eigenvalue weighted by Gasteiger charge is -2.16. The number of nitrogens with one attached hydrogen (secondary N) is 1. The number of sulfonamides is 1. The highest BCUT2D eigenvalue weighted by Gasteiger charge is 2.23. The van der Waals surface area contributed by atoms with Crippen LogP contribution in [0.25, 0.3) is 0 Å². The summed E-state index contributed by atoms with van der Waals surface area (Å²) in [4.78, 5) is -0.348. The number of halogens is 1. The Morgan fingerprint density at radius 3 is 2.61 bits per heavy atom. The van der Waals surface area contributed by atoms with E-state index in [0.29, 0.717) is 12.8 Å². The Morgan fingerprint density at radius 2 is 2.11 bits per heavy atom. The van der Waals surface area contributed by atoms with Crippen LogP contribution in [0.15, 0.2) is 29.2 Å². The maximum Gasteiger partial charge on any atom is 0.244 e. The van der Waals surface area contributed by atoms with Crippen LogP contribution in [0.4, 0.5) is 4.39 Å². The van der Waals surface area contributed by atoms with E-state index in [-0.39, 0.29) is 4.99 Å². The van der Waals surface area contributed by atoms with E-state index < -0.39 is 26.8 Å². The summed E-state index contributed by atoms with van der Waals surface area (Å²) >= 11 is 4.79. The van der Waals surface area contributed by atoms with Crippen molar-refractivity contribution in [2.75, 3.05) is 0 Å². The highest BCUT2D eigenvalue weighted by Crippen LogP contribution is 2.14. The van der Waals surface area contributed by atoms with E-state index in [1.807, 2.05) is 6.92 Å². The third-order valence-corrected chi connectivity index (χ3v) is 4.13. The third-order valence-electron chi connectivity index (χ3n) is 2.34. The topological polar surface area (TPSA) is 72.2 Å². The molecule has 0 spiro atoms. The van der Waals surface area contributed by atoms with Gasteiger partial charge in [0.2, 0.25) is 10.0 Å². The maximum atomic E-state index is 13.4. The minimum absolute atomic E-state index is 0.0526. The number of thiocarbonyl (C=S) groups is 1. The summed E-state index contributed by atoms with van der Waals surface area (Å²) in [5.41, 5.74) is 5.46. The first-order valence-electron chi connectivity index (χ1n) is 5.44. The largest absolute Gasteiger partial charge is 0.392 e. The molecule has 3 N–H and O–H groups in total. The van der Waals surface area contributed by atoms with Gasteiger partial charge in [-0.3, -0.25) is 0 Å². The molecule has 0 aliphatic heterocycles. The normalized spacial score (nSPS) is 13.2. The molecule has 0 heterocycles. The Kier molecular flexibility index (Phi) is 5.18. The number of hydrogen-bond acceptors (Lipinski definition) is 3. The van der Waals surface area contributed by atoms with Crippen LogP contribution >= 0.6 is 12.2 Å². The second-order valence-electron chi connectivity index (χ2n) is 3.80. The summed E-state index contributed by atoms with van der Waals surface area (Å²) < 4.78 is 39.7. The summed E-state index contributed by atoms with van der Waals surface area (Å²) in [6, 6.07) is 4.50. The average molecular weight is 290 g/mol. The molecule has 1 unspecified atom stereocenters. The highest BCUT2D eigenvalue weighted by atomic mass is 32.2. The Hall–Kier alpha value is -1.05. The van der Waals surface area contributed by atoms with Crippen molar-refractivity contribution in [2.45, 2.75) is 30.7 Å². The molecule has 0 aromatic heterocycles. The third kappa shape index (κ3) is 3.72. The van der Waals surface area contributed by atoms with Gasteiger partial charge in [-0.05, 0) is 18.6 Å². The van der Waals surface area contributed by atoms with Crippen molar-refractivity contribution in [3.05, 3.63) is 30.1 Å². The minimum Gasteiger partial charge on any atom is -0.392 e. The summed E-state index contributed by atoms with van der Waals surface area (Å²) in [5, 5.41) is 0. The first kappa shape index (κ1) is 15.0. The average Bonchev–Trinajstić information content (AvgIpc) is 2.28. The van der Waals surface area contributed by atoms with E-state index in [9.17, 15) is 12.8 Å².